The fourth-order valence-corrected chi connectivity index (χ4v) is 3.61. The first kappa shape index (κ1) is 20.4. The van der Waals surface area contributed by atoms with Crippen LogP contribution in [-0.2, 0) is 10.9 Å². The number of hydrogen-bond donors (Lipinski definition) is 2. The van der Waals surface area contributed by atoms with Gasteiger partial charge in [-0.15, -0.1) is 0 Å². The van der Waals surface area contributed by atoms with Crippen molar-refractivity contribution in [3.05, 3.63) is 60.0 Å². The summed E-state index contributed by atoms with van der Waals surface area (Å²) < 4.78 is 45.5. The van der Waals surface area contributed by atoms with Gasteiger partial charge in [-0.25, -0.2) is 4.98 Å². The number of carbonyl (C=O) groups excluding carboxylic acids is 1. The lowest BCUT2D eigenvalue weighted by Gasteiger charge is -2.36. The Bertz CT molecular complexity index is 1050. The Labute approximate surface area is 170 Å². The molecule has 1 saturated heterocycles. The number of nitrogens with zero attached hydrogens (tertiary/aromatic N) is 2. The minimum absolute atomic E-state index is 0.0971. The molecule has 4 rings (SSSR count). The summed E-state index contributed by atoms with van der Waals surface area (Å²) in [5, 5.41) is 12.7. The smallest absolute Gasteiger partial charge is 0.394 e. The highest BCUT2D eigenvalue weighted by Crippen LogP contribution is 2.32. The second-order valence-corrected chi connectivity index (χ2v) is 7.32. The van der Waals surface area contributed by atoms with Crippen molar-refractivity contribution in [1.29, 1.82) is 0 Å². The van der Waals surface area contributed by atoms with Gasteiger partial charge in [0, 0.05) is 25.0 Å². The molecule has 0 saturated carbocycles. The zero-order valence-corrected chi connectivity index (χ0v) is 15.9. The Balaban J connectivity index is 1.71. The zero-order valence-electron chi connectivity index (χ0n) is 15.9. The molecule has 0 unspecified atom stereocenters. The molecule has 1 fully saturated rings. The van der Waals surface area contributed by atoms with Crippen molar-refractivity contribution >= 4 is 11.4 Å². The van der Waals surface area contributed by atoms with E-state index < -0.39 is 23.2 Å². The van der Waals surface area contributed by atoms with Gasteiger partial charge in [0.15, 0.2) is 0 Å². The van der Waals surface area contributed by atoms with E-state index in [1.807, 2.05) is 0 Å². The molecule has 0 aliphatic carbocycles. The third-order valence-corrected chi connectivity index (χ3v) is 5.37. The number of halogens is 3. The number of ether oxygens (including phenoxy) is 1. The van der Waals surface area contributed by atoms with Gasteiger partial charge in [-0.3, -0.25) is 9.20 Å². The maximum absolute atomic E-state index is 13.0. The fourth-order valence-electron chi connectivity index (χ4n) is 3.61. The van der Waals surface area contributed by atoms with Crippen LogP contribution in [0.4, 0.5) is 13.2 Å². The molecule has 1 amide bonds. The van der Waals surface area contributed by atoms with Gasteiger partial charge in [0.1, 0.15) is 0 Å². The van der Waals surface area contributed by atoms with Crippen LogP contribution in [0.15, 0.2) is 48.7 Å². The number of imidazole rings is 1. The summed E-state index contributed by atoms with van der Waals surface area (Å²) in [6.45, 7) is 0.636. The molecule has 2 aromatic heterocycles. The van der Waals surface area contributed by atoms with Crippen molar-refractivity contribution < 1.29 is 27.8 Å². The second-order valence-electron chi connectivity index (χ2n) is 7.32. The zero-order chi connectivity index (χ0) is 21.4. The number of alkyl halides is 3. The third kappa shape index (κ3) is 3.78. The minimum Gasteiger partial charge on any atom is -0.394 e. The molecule has 3 heterocycles. The lowest BCUT2D eigenvalue weighted by Crippen LogP contribution is -2.54. The average Bonchev–Trinajstić information content (AvgIpc) is 3.14. The third-order valence-electron chi connectivity index (χ3n) is 5.37. The summed E-state index contributed by atoms with van der Waals surface area (Å²) in [5.41, 5.74) is -0.0810. The number of aliphatic hydroxyl groups is 1. The lowest BCUT2D eigenvalue weighted by molar-refractivity contribution is -0.137. The number of aromatic nitrogens is 2. The van der Waals surface area contributed by atoms with Crippen LogP contribution in [0.2, 0.25) is 0 Å². The number of fused-ring (bicyclic) bond motifs is 1. The number of pyridine rings is 1. The van der Waals surface area contributed by atoms with E-state index in [1.165, 1.54) is 12.1 Å². The van der Waals surface area contributed by atoms with Crippen LogP contribution in [0, 0.1) is 0 Å². The average molecular weight is 419 g/mol. The monoisotopic (exact) mass is 419 g/mol. The van der Waals surface area contributed by atoms with Gasteiger partial charge < -0.3 is 15.2 Å². The highest BCUT2D eigenvalue weighted by atomic mass is 19.4. The highest BCUT2D eigenvalue weighted by Gasteiger charge is 2.35. The molecule has 30 heavy (non-hydrogen) atoms. The van der Waals surface area contributed by atoms with E-state index in [4.69, 9.17) is 4.74 Å². The topological polar surface area (TPSA) is 75.9 Å². The summed E-state index contributed by atoms with van der Waals surface area (Å²) in [4.78, 5) is 17.5. The molecule has 2 N–H and O–H groups in total. The standard InChI is InChI=1S/C21H20F3N3O3/c22-21(23,24)15-6-4-14(5-7-15)17-16-3-1-2-10-27(16)18(25-17)19(29)26-20(13-28)8-11-30-12-9-20/h1-7,10,28H,8-9,11-13H2,(H,26,29). The van der Waals surface area contributed by atoms with Gasteiger partial charge in [-0.05, 0) is 37.1 Å². The summed E-state index contributed by atoms with van der Waals surface area (Å²) in [7, 11) is 0. The Kier molecular flexibility index (Phi) is 5.25. The molecule has 0 bridgehead atoms. The van der Waals surface area contributed by atoms with E-state index in [2.05, 4.69) is 10.3 Å². The van der Waals surface area contributed by atoms with Crippen molar-refractivity contribution in [3.8, 4) is 11.3 Å². The number of aliphatic hydroxyl groups excluding tert-OH is 1. The number of nitrogens with one attached hydrogen (secondary N) is 1. The van der Waals surface area contributed by atoms with Gasteiger partial charge in [0.05, 0.1) is 28.9 Å². The molecule has 0 radical (unpaired) electrons. The van der Waals surface area contributed by atoms with Gasteiger partial charge in [-0.1, -0.05) is 18.2 Å². The van der Waals surface area contributed by atoms with Crippen LogP contribution >= 0.6 is 0 Å². The number of benzene rings is 1. The summed E-state index contributed by atoms with van der Waals surface area (Å²) >= 11 is 0. The number of hydrogen-bond acceptors (Lipinski definition) is 4. The van der Waals surface area contributed by atoms with E-state index in [9.17, 15) is 23.1 Å². The van der Waals surface area contributed by atoms with Crippen molar-refractivity contribution in [3.63, 3.8) is 0 Å². The Morgan fingerprint density at radius 2 is 1.87 bits per heavy atom. The van der Waals surface area contributed by atoms with E-state index >= 15 is 0 Å². The van der Waals surface area contributed by atoms with Crippen LogP contribution in [0.1, 0.15) is 29.0 Å². The minimum atomic E-state index is -4.43. The molecule has 158 valence electrons. The molecule has 1 aliphatic rings. The van der Waals surface area contributed by atoms with Crippen LogP contribution in [-0.4, -0.2) is 45.8 Å². The van der Waals surface area contributed by atoms with Gasteiger partial charge >= 0.3 is 6.18 Å². The Morgan fingerprint density at radius 1 is 1.17 bits per heavy atom. The molecular weight excluding hydrogens is 399 g/mol. The predicted octanol–water partition coefficient (Wildman–Crippen LogP) is 3.29. The maximum Gasteiger partial charge on any atom is 0.416 e. The Morgan fingerprint density at radius 3 is 2.50 bits per heavy atom. The molecule has 1 aliphatic heterocycles. The molecular formula is C21H20F3N3O3. The highest BCUT2D eigenvalue weighted by molar-refractivity contribution is 5.95. The van der Waals surface area contributed by atoms with Crippen molar-refractivity contribution in [2.45, 2.75) is 24.6 Å². The van der Waals surface area contributed by atoms with Gasteiger partial charge in [0.2, 0.25) is 5.82 Å². The summed E-state index contributed by atoms with van der Waals surface area (Å²) in [6.07, 6.45) is -1.81. The first-order chi connectivity index (χ1) is 14.3. The predicted molar refractivity (Wildman–Crippen MR) is 103 cm³/mol. The van der Waals surface area contributed by atoms with E-state index in [-0.39, 0.29) is 12.4 Å². The first-order valence-electron chi connectivity index (χ1n) is 9.49. The lowest BCUT2D eigenvalue weighted by atomic mass is 9.91. The molecule has 6 nitrogen and oxygen atoms in total. The summed E-state index contributed by atoms with van der Waals surface area (Å²) in [6, 6.07) is 9.91. The van der Waals surface area contributed by atoms with Gasteiger partial charge in [-0.2, -0.15) is 13.2 Å². The van der Waals surface area contributed by atoms with Crippen LogP contribution < -0.4 is 5.32 Å². The van der Waals surface area contributed by atoms with Crippen LogP contribution in [0.5, 0.6) is 0 Å². The normalized spacial score (nSPS) is 16.5. The quantitative estimate of drug-likeness (QED) is 0.681. The number of rotatable bonds is 4. The number of carbonyl (C=O) groups is 1. The van der Waals surface area contributed by atoms with Crippen molar-refractivity contribution in [2.75, 3.05) is 19.8 Å². The number of amides is 1. The van der Waals surface area contributed by atoms with E-state index in [0.29, 0.717) is 42.8 Å². The van der Waals surface area contributed by atoms with Crippen LogP contribution in [0.25, 0.3) is 16.8 Å². The molecule has 0 atom stereocenters. The molecule has 9 heteroatoms. The molecule has 0 spiro atoms. The maximum atomic E-state index is 13.0. The SMILES string of the molecule is O=C(NC1(CO)CCOCC1)c1nc(-c2ccc(C(F)(F)F)cc2)c2ccccn12. The van der Waals surface area contributed by atoms with E-state index in [1.54, 1.807) is 28.8 Å². The second kappa shape index (κ2) is 7.73. The summed E-state index contributed by atoms with van der Waals surface area (Å²) in [5.74, 6) is -0.370. The molecule has 3 aromatic rings. The van der Waals surface area contributed by atoms with Crippen molar-refractivity contribution in [1.82, 2.24) is 14.7 Å². The fraction of sp³-hybridized carbons (Fsp3) is 0.333. The largest absolute Gasteiger partial charge is 0.416 e. The van der Waals surface area contributed by atoms with Crippen molar-refractivity contribution in [2.24, 2.45) is 0 Å². The van der Waals surface area contributed by atoms with Crippen LogP contribution in [0.3, 0.4) is 0 Å². The first-order valence-corrected chi connectivity index (χ1v) is 9.49. The van der Waals surface area contributed by atoms with E-state index in [0.717, 1.165) is 12.1 Å². The Hall–Kier alpha value is -2.91. The molecule has 1 aromatic carbocycles. The van der Waals surface area contributed by atoms with Gasteiger partial charge in [0.25, 0.3) is 5.91 Å².